The maximum atomic E-state index is 13.2. The van der Waals surface area contributed by atoms with Crippen molar-refractivity contribution in [3.05, 3.63) is 35.9 Å². The molecule has 1 aromatic carbocycles. The van der Waals surface area contributed by atoms with E-state index in [1.54, 1.807) is 18.7 Å². The molecule has 0 spiro atoms. The van der Waals surface area contributed by atoms with Crippen LogP contribution in [0.1, 0.15) is 78.2 Å². The molecule has 0 unspecified atom stereocenters. The Morgan fingerprint density at radius 1 is 1.16 bits per heavy atom. The van der Waals surface area contributed by atoms with Crippen LogP contribution in [0.4, 0.5) is 4.79 Å². The summed E-state index contributed by atoms with van der Waals surface area (Å²) in [6.45, 7) is 7.39. The number of hydrogen-bond acceptors (Lipinski definition) is 4. The number of benzene rings is 1. The van der Waals surface area contributed by atoms with Gasteiger partial charge >= 0.3 is 12.1 Å². The molecule has 0 aromatic heterocycles. The van der Waals surface area contributed by atoms with Crippen molar-refractivity contribution in [2.45, 2.75) is 97.1 Å². The lowest BCUT2D eigenvalue weighted by Crippen LogP contribution is -2.49. The van der Waals surface area contributed by atoms with Crippen LogP contribution in [0.3, 0.4) is 0 Å². The van der Waals surface area contributed by atoms with E-state index < -0.39 is 23.2 Å². The van der Waals surface area contributed by atoms with Crippen LogP contribution in [0.15, 0.2) is 30.3 Å². The molecule has 172 valence electrons. The fourth-order valence-electron chi connectivity index (χ4n) is 5.00. The standard InChI is InChI=1S/C25H37NO5/c1-24(2,22(27)28)16-21-20(15-18-11-7-5-8-12-18)26(25(3,4)31-21)23(29)30-17-19-13-9-6-10-14-19/h6,9-10,13-14,18,20-21H,5,7-8,11-12,15-17H2,1-4H3,(H,27,28)/t20-,21-/m0/s1. The lowest BCUT2D eigenvalue weighted by atomic mass is 9.79. The van der Waals surface area contributed by atoms with Crippen LogP contribution in [0.5, 0.6) is 0 Å². The number of carboxylic acid groups (broad SMARTS) is 1. The van der Waals surface area contributed by atoms with Gasteiger partial charge in [-0.2, -0.15) is 0 Å². The number of rotatable bonds is 7. The number of ether oxygens (including phenoxy) is 2. The molecule has 2 fully saturated rings. The van der Waals surface area contributed by atoms with Gasteiger partial charge in [0.1, 0.15) is 12.3 Å². The maximum Gasteiger partial charge on any atom is 0.412 e. The third kappa shape index (κ3) is 5.79. The first-order valence-electron chi connectivity index (χ1n) is 11.5. The molecule has 1 aliphatic heterocycles. The van der Waals surface area contributed by atoms with Crippen LogP contribution in [0.25, 0.3) is 0 Å². The van der Waals surface area contributed by atoms with E-state index in [4.69, 9.17) is 9.47 Å². The van der Waals surface area contributed by atoms with Crippen molar-refractivity contribution in [1.82, 2.24) is 4.90 Å². The number of hydrogen-bond donors (Lipinski definition) is 1. The summed E-state index contributed by atoms with van der Waals surface area (Å²) in [7, 11) is 0. The molecular formula is C25H37NO5. The van der Waals surface area contributed by atoms with Gasteiger partial charge < -0.3 is 14.6 Å². The molecular weight excluding hydrogens is 394 g/mol. The summed E-state index contributed by atoms with van der Waals surface area (Å²) < 4.78 is 12.0. The molecule has 31 heavy (non-hydrogen) atoms. The van der Waals surface area contributed by atoms with Crippen molar-refractivity contribution in [1.29, 1.82) is 0 Å². The molecule has 2 aliphatic rings. The minimum absolute atomic E-state index is 0.194. The summed E-state index contributed by atoms with van der Waals surface area (Å²) in [5.74, 6) is -0.327. The van der Waals surface area contributed by atoms with E-state index >= 15 is 0 Å². The molecule has 0 radical (unpaired) electrons. The van der Waals surface area contributed by atoms with Gasteiger partial charge in [0.25, 0.3) is 0 Å². The predicted molar refractivity (Wildman–Crippen MR) is 118 cm³/mol. The van der Waals surface area contributed by atoms with Crippen molar-refractivity contribution in [2.24, 2.45) is 11.3 Å². The molecule has 0 bridgehead atoms. The zero-order valence-corrected chi connectivity index (χ0v) is 19.3. The first kappa shape index (κ1) is 23.6. The molecule has 6 heteroatoms. The maximum absolute atomic E-state index is 13.2. The number of amides is 1. The first-order valence-corrected chi connectivity index (χ1v) is 11.5. The highest BCUT2D eigenvalue weighted by Crippen LogP contribution is 2.42. The largest absolute Gasteiger partial charge is 0.481 e. The first-order chi connectivity index (χ1) is 14.6. The molecule has 1 heterocycles. The lowest BCUT2D eigenvalue weighted by molar-refractivity contribution is -0.150. The lowest BCUT2D eigenvalue weighted by Gasteiger charge is -2.35. The van der Waals surface area contributed by atoms with E-state index in [1.807, 2.05) is 44.2 Å². The zero-order chi connectivity index (χ0) is 22.6. The Balaban J connectivity index is 1.80. The van der Waals surface area contributed by atoms with Gasteiger partial charge in [0.05, 0.1) is 17.6 Å². The second-order valence-electron chi connectivity index (χ2n) is 10.2. The Morgan fingerprint density at radius 3 is 2.42 bits per heavy atom. The van der Waals surface area contributed by atoms with E-state index in [-0.39, 0.29) is 18.8 Å². The fourth-order valence-corrected chi connectivity index (χ4v) is 5.00. The van der Waals surface area contributed by atoms with Crippen molar-refractivity contribution in [3.63, 3.8) is 0 Å². The Hall–Kier alpha value is -2.08. The van der Waals surface area contributed by atoms with Gasteiger partial charge in [0.2, 0.25) is 0 Å². The van der Waals surface area contributed by atoms with Crippen molar-refractivity contribution < 1.29 is 24.2 Å². The average Bonchev–Trinajstić information content (AvgIpc) is 2.96. The zero-order valence-electron chi connectivity index (χ0n) is 19.3. The van der Waals surface area contributed by atoms with E-state index in [0.29, 0.717) is 12.3 Å². The molecule has 2 atom stereocenters. The summed E-state index contributed by atoms with van der Waals surface area (Å²) in [5.41, 5.74) is -0.858. The van der Waals surface area contributed by atoms with Crippen LogP contribution in [0, 0.1) is 11.3 Å². The predicted octanol–water partition coefficient (Wildman–Crippen LogP) is 5.60. The van der Waals surface area contributed by atoms with Crippen LogP contribution in [-0.2, 0) is 20.9 Å². The van der Waals surface area contributed by atoms with Crippen molar-refractivity contribution >= 4 is 12.1 Å². The molecule has 6 nitrogen and oxygen atoms in total. The summed E-state index contributed by atoms with van der Waals surface area (Å²) in [5, 5.41) is 9.66. The number of carbonyl (C=O) groups is 2. The van der Waals surface area contributed by atoms with E-state index in [9.17, 15) is 14.7 Å². The second-order valence-corrected chi connectivity index (χ2v) is 10.2. The van der Waals surface area contributed by atoms with Gasteiger partial charge in [0, 0.05) is 0 Å². The summed E-state index contributed by atoms with van der Waals surface area (Å²) >= 11 is 0. The molecule has 3 rings (SSSR count). The second kappa shape index (κ2) is 9.60. The summed E-state index contributed by atoms with van der Waals surface area (Å²) in [6.07, 6.45) is 6.43. The fraction of sp³-hybridized carbons (Fsp3) is 0.680. The molecule has 1 aromatic rings. The molecule has 1 aliphatic carbocycles. The third-order valence-electron chi connectivity index (χ3n) is 6.77. The van der Waals surface area contributed by atoms with Gasteiger partial charge in [-0.05, 0) is 52.0 Å². The van der Waals surface area contributed by atoms with Crippen LogP contribution in [-0.4, -0.2) is 39.9 Å². The highest BCUT2D eigenvalue weighted by molar-refractivity contribution is 5.73. The van der Waals surface area contributed by atoms with E-state index in [1.165, 1.54) is 19.3 Å². The Morgan fingerprint density at radius 2 is 1.81 bits per heavy atom. The van der Waals surface area contributed by atoms with Gasteiger partial charge in [-0.1, -0.05) is 62.4 Å². The van der Waals surface area contributed by atoms with Gasteiger partial charge in [-0.3, -0.25) is 9.69 Å². The summed E-state index contributed by atoms with van der Waals surface area (Å²) in [4.78, 5) is 26.7. The minimum atomic E-state index is -0.935. The average molecular weight is 432 g/mol. The number of aliphatic carboxylic acids is 1. The number of carbonyl (C=O) groups excluding carboxylic acids is 1. The molecule has 1 N–H and O–H groups in total. The Kier molecular flexibility index (Phi) is 7.30. The smallest absolute Gasteiger partial charge is 0.412 e. The highest BCUT2D eigenvalue weighted by atomic mass is 16.6. The highest BCUT2D eigenvalue weighted by Gasteiger charge is 2.52. The Bertz CT molecular complexity index is 754. The number of nitrogens with zero attached hydrogens (tertiary/aromatic N) is 1. The van der Waals surface area contributed by atoms with E-state index in [0.717, 1.165) is 24.8 Å². The monoisotopic (exact) mass is 431 g/mol. The quantitative estimate of drug-likeness (QED) is 0.608. The van der Waals surface area contributed by atoms with Crippen molar-refractivity contribution in [3.8, 4) is 0 Å². The molecule has 1 amide bonds. The molecule has 1 saturated heterocycles. The van der Waals surface area contributed by atoms with Crippen molar-refractivity contribution in [2.75, 3.05) is 0 Å². The molecule has 1 saturated carbocycles. The van der Waals surface area contributed by atoms with Gasteiger partial charge in [-0.15, -0.1) is 0 Å². The SMILES string of the molecule is CC(C)(C[C@@H]1OC(C)(C)N(C(=O)OCc2ccccc2)[C@H]1CC1CCCCC1)C(=O)O. The number of carboxylic acids is 1. The summed E-state index contributed by atoms with van der Waals surface area (Å²) in [6, 6.07) is 9.43. The Labute approximate surface area is 185 Å². The van der Waals surface area contributed by atoms with Crippen LogP contribution in [0.2, 0.25) is 0 Å². The van der Waals surface area contributed by atoms with E-state index in [2.05, 4.69) is 0 Å². The topological polar surface area (TPSA) is 76.1 Å². The normalized spacial score (nSPS) is 24.2. The van der Waals surface area contributed by atoms with Gasteiger partial charge in [0.15, 0.2) is 0 Å². The minimum Gasteiger partial charge on any atom is -0.481 e. The van der Waals surface area contributed by atoms with Crippen LogP contribution < -0.4 is 0 Å². The van der Waals surface area contributed by atoms with Crippen LogP contribution >= 0.6 is 0 Å². The third-order valence-corrected chi connectivity index (χ3v) is 6.77. The van der Waals surface area contributed by atoms with Gasteiger partial charge in [-0.25, -0.2) is 4.79 Å².